The van der Waals surface area contributed by atoms with Crippen molar-refractivity contribution in [3.8, 4) is 17.2 Å². The van der Waals surface area contributed by atoms with Crippen molar-refractivity contribution in [1.29, 1.82) is 0 Å². The Kier molecular flexibility index (Phi) is 15.2. The van der Waals surface area contributed by atoms with Crippen LogP contribution < -0.4 is 0 Å². The summed E-state index contributed by atoms with van der Waals surface area (Å²) in [4.78, 5) is 36.3. The number of ketones is 3. The van der Waals surface area contributed by atoms with Gasteiger partial charge in [0.1, 0.15) is 28.8 Å². The fourth-order valence-electron chi connectivity index (χ4n) is 23.7. The maximum absolute atomic E-state index is 12.3. The zero-order valence-electron chi connectivity index (χ0n) is 51.6. The number of Topliss-reactive ketones (excluding diaryl/α,β-unsaturated/α-hetero) is 2. The van der Waals surface area contributed by atoms with Crippen LogP contribution in [0.2, 0.25) is 0 Å². The molecule has 13 aliphatic carbocycles. The van der Waals surface area contributed by atoms with E-state index in [0.29, 0.717) is 87.9 Å². The highest BCUT2D eigenvalue weighted by Gasteiger charge is 2.61. The van der Waals surface area contributed by atoms with E-state index in [1.165, 1.54) is 90.3 Å². The molecule has 0 aliphatic heterocycles. The van der Waals surface area contributed by atoms with Crippen molar-refractivity contribution in [2.24, 2.45) is 86.3 Å². The third-order valence-corrected chi connectivity index (χ3v) is 28.2. The minimum absolute atomic E-state index is 0.0322. The van der Waals surface area contributed by atoms with Gasteiger partial charge in [-0.15, -0.1) is 0 Å². The van der Waals surface area contributed by atoms with Gasteiger partial charge in [-0.1, -0.05) is 58.4 Å². The van der Waals surface area contributed by atoms with Gasteiger partial charge in [-0.3, -0.25) is 14.4 Å². The smallest absolute Gasteiger partial charge is 0.155 e. The number of phenols is 3. The molecular weight excluding hydrogens is 1040 g/mol. The maximum Gasteiger partial charge on any atom is 0.155 e. The van der Waals surface area contributed by atoms with Gasteiger partial charge in [0.25, 0.3) is 0 Å². The van der Waals surface area contributed by atoms with E-state index < -0.39 is 12.2 Å². The standard InChI is InChI=1S/C21H30O2.C18H24O3.C18H24O2.C18H22O2/c1-13(22)17-6-7-18-16-5-4-14-12-15(23)8-10-20(14,2)19(16)9-11-21(17,18)3;1-18-7-6-13-12-5-3-11(19)8-10(12)2-4-14(13)15(18)9-16(20)17(18)21;2*1-18-9-8-14-13-5-3-12(19)10-11(13)2-4-15(14)16(18)6-7-17(18)20/h12,16-19H,4-11H2,1-3H3;3,5,8,13-17,19-21H,2,4,6-7,9H2,1H3;3,5,10,14-17,19-20H,2,4,6-9H2,1H3;3,5,10,14-16,19H,2,4,6-9H2,1H3/t16-,17+,18-,19-,20-,21+;13-,14-,15+,16-,17+,18+;14-,15-,16+,17+,18+;14-,15-,16+,18+/m0111/s1. The fourth-order valence-corrected chi connectivity index (χ4v) is 23.7. The van der Waals surface area contributed by atoms with Gasteiger partial charge in [0, 0.05) is 24.2 Å². The molecule has 16 rings (SSSR count). The molecule has 6 N–H and O–H groups in total. The first-order chi connectivity index (χ1) is 40.1. The van der Waals surface area contributed by atoms with Gasteiger partial charge in [-0.2, -0.15) is 0 Å². The molecule has 84 heavy (non-hydrogen) atoms. The van der Waals surface area contributed by atoms with Crippen LogP contribution in [0.15, 0.2) is 66.2 Å². The average molecular weight is 1150 g/mol. The molecule has 3 aromatic carbocycles. The van der Waals surface area contributed by atoms with E-state index in [2.05, 4.69) is 52.8 Å². The van der Waals surface area contributed by atoms with Crippen molar-refractivity contribution in [1.82, 2.24) is 0 Å². The van der Waals surface area contributed by atoms with Gasteiger partial charge >= 0.3 is 0 Å². The topological polar surface area (TPSA) is 173 Å². The first-order valence-electron chi connectivity index (χ1n) is 33.8. The summed E-state index contributed by atoms with van der Waals surface area (Å²) in [6, 6.07) is 17.7. The number of benzene rings is 3. The van der Waals surface area contributed by atoms with E-state index in [9.17, 15) is 45.0 Å². The summed E-state index contributed by atoms with van der Waals surface area (Å²) >= 11 is 0. The quantitative estimate of drug-likeness (QED) is 0.139. The fraction of sp³-hybridized carbons (Fsp3) is 0.693. The van der Waals surface area contributed by atoms with Crippen LogP contribution >= 0.6 is 0 Å². The number of aliphatic hydroxyl groups excluding tert-OH is 3. The lowest BCUT2D eigenvalue weighted by molar-refractivity contribution is -0.129. The van der Waals surface area contributed by atoms with E-state index in [4.69, 9.17) is 0 Å². The Hall–Kier alpha value is -4.31. The third-order valence-electron chi connectivity index (χ3n) is 28.2. The van der Waals surface area contributed by atoms with Crippen LogP contribution in [-0.2, 0) is 33.6 Å². The summed E-state index contributed by atoms with van der Waals surface area (Å²) in [5.74, 6) is 10.4. The second kappa shape index (κ2) is 21.8. The van der Waals surface area contributed by atoms with Gasteiger partial charge in [0.05, 0.1) is 18.3 Å². The number of allylic oxidation sites excluding steroid dienone is 1. The van der Waals surface area contributed by atoms with E-state index >= 15 is 0 Å². The minimum atomic E-state index is -0.565. The summed E-state index contributed by atoms with van der Waals surface area (Å²) in [5, 5.41) is 59.9. The number of hydrogen-bond donors (Lipinski definition) is 6. The van der Waals surface area contributed by atoms with Crippen molar-refractivity contribution in [2.75, 3.05) is 0 Å². The third kappa shape index (κ3) is 9.47. The lowest BCUT2D eigenvalue weighted by Gasteiger charge is -2.58. The van der Waals surface area contributed by atoms with Crippen molar-refractivity contribution in [3.63, 3.8) is 0 Å². The Bertz CT molecular complexity index is 3090. The van der Waals surface area contributed by atoms with Gasteiger partial charge in [0.15, 0.2) is 5.78 Å². The first kappa shape index (κ1) is 58.7. The molecular formula is C75H100O9. The number of rotatable bonds is 1. The zero-order valence-corrected chi connectivity index (χ0v) is 51.6. The molecule has 9 fully saturated rings. The number of aryl methyl sites for hydroxylation is 3. The number of fused-ring (bicyclic) bond motifs is 20. The van der Waals surface area contributed by atoms with Gasteiger partial charge in [-0.25, -0.2) is 0 Å². The lowest BCUT2D eigenvalue weighted by atomic mass is 9.47. The lowest BCUT2D eigenvalue weighted by Crippen LogP contribution is -2.51. The molecule has 0 unspecified atom stereocenters. The van der Waals surface area contributed by atoms with Crippen LogP contribution in [0.4, 0.5) is 0 Å². The molecule has 3 aromatic rings. The van der Waals surface area contributed by atoms with E-state index in [0.717, 1.165) is 133 Å². The molecule has 0 bridgehead atoms. The number of hydrogen-bond acceptors (Lipinski definition) is 9. The van der Waals surface area contributed by atoms with Crippen LogP contribution in [0.5, 0.6) is 17.2 Å². The molecule has 454 valence electrons. The van der Waals surface area contributed by atoms with Crippen LogP contribution in [0.1, 0.15) is 234 Å². The van der Waals surface area contributed by atoms with Gasteiger partial charge < -0.3 is 30.6 Å². The number of carbonyl (C=O) groups excluding carboxylic acids is 3. The Balaban J connectivity index is 0.000000105. The molecule has 9 nitrogen and oxygen atoms in total. The van der Waals surface area contributed by atoms with E-state index in [-0.39, 0.29) is 33.2 Å². The molecule has 9 heteroatoms. The SMILES string of the molecule is CC(=O)[C@H]1CC[C@H]2[C@@H]3CCC4=CC(=O)CC[C@]4(C)[C@H]3CC[C@]12C.C[C@]12CC[C@@H]3c4ccc(O)cc4CC[C@H]3[C@@H]1CCC2=O.C[C@]12CC[C@@H]3c4ccc(O)cc4CC[C@H]3[C@@H]1CC[C@@H]2O.C[C@]12CC[C@@H]3c4ccc(O)cc4CC[C@H]3[C@@H]1C[C@@H](O)[C@@H]2O. The van der Waals surface area contributed by atoms with Crippen molar-refractivity contribution >= 4 is 17.3 Å². The summed E-state index contributed by atoms with van der Waals surface area (Å²) in [6.45, 7) is 13.3. The molecule has 0 spiro atoms. The molecule has 0 amide bonds. The van der Waals surface area contributed by atoms with Crippen LogP contribution in [0.3, 0.4) is 0 Å². The van der Waals surface area contributed by atoms with Gasteiger partial charge in [-0.05, 0) is 323 Å². The second-order valence-electron chi connectivity index (χ2n) is 31.5. The monoisotopic (exact) mass is 1140 g/mol. The Morgan fingerprint density at radius 2 is 0.940 bits per heavy atom. The summed E-state index contributed by atoms with van der Waals surface area (Å²) in [7, 11) is 0. The van der Waals surface area contributed by atoms with Crippen molar-refractivity contribution < 1.29 is 45.0 Å². The second-order valence-corrected chi connectivity index (χ2v) is 31.5. The summed E-state index contributed by atoms with van der Waals surface area (Å²) in [6.07, 6.45) is 27.9. The van der Waals surface area contributed by atoms with Crippen molar-refractivity contribution in [2.45, 2.75) is 238 Å². The van der Waals surface area contributed by atoms with E-state index in [1.807, 2.05) is 36.4 Å². The normalized spacial score (nSPS) is 44.1. The Labute approximate surface area is 501 Å². The average Bonchev–Trinajstić information content (AvgIpc) is 1.55. The van der Waals surface area contributed by atoms with E-state index in [1.54, 1.807) is 13.0 Å². The Morgan fingerprint density at radius 1 is 0.452 bits per heavy atom. The molecule has 0 saturated heterocycles. The molecule has 0 aromatic heterocycles. The van der Waals surface area contributed by atoms with Crippen LogP contribution in [-0.4, -0.2) is 66.3 Å². The van der Waals surface area contributed by atoms with Crippen LogP contribution in [0, 0.1) is 86.3 Å². The molecule has 13 aliphatic rings. The predicted octanol–water partition coefficient (Wildman–Crippen LogP) is 14.7. The summed E-state index contributed by atoms with van der Waals surface area (Å²) < 4.78 is 0. The highest BCUT2D eigenvalue weighted by molar-refractivity contribution is 5.91. The molecule has 0 radical (unpaired) electrons. The number of aromatic hydroxyl groups is 3. The highest BCUT2D eigenvalue weighted by atomic mass is 16.3. The summed E-state index contributed by atoms with van der Waals surface area (Å²) in [5.41, 5.74) is 10.2. The maximum atomic E-state index is 12.3. The molecule has 9 saturated carbocycles. The number of phenolic OH excluding ortho intramolecular Hbond substituents is 3. The minimum Gasteiger partial charge on any atom is -0.508 e. The molecule has 21 atom stereocenters. The van der Waals surface area contributed by atoms with Gasteiger partial charge in [0.2, 0.25) is 0 Å². The first-order valence-corrected chi connectivity index (χ1v) is 33.8. The van der Waals surface area contributed by atoms with Crippen LogP contribution in [0.25, 0.3) is 0 Å². The molecule has 0 heterocycles. The van der Waals surface area contributed by atoms with Crippen molar-refractivity contribution in [3.05, 3.63) is 99.6 Å². The predicted molar refractivity (Wildman–Crippen MR) is 327 cm³/mol. The number of aliphatic hydroxyl groups is 3. The Morgan fingerprint density at radius 3 is 1.52 bits per heavy atom. The largest absolute Gasteiger partial charge is 0.508 e. The highest BCUT2D eigenvalue weighted by Crippen LogP contribution is 2.68. The zero-order chi connectivity index (χ0) is 59.0. The number of carbonyl (C=O) groups is 3.